The van der Waals surface area contributed by atoms with Gasteiger partial charge in [0.15, 0.2) is 41.4 Å². The zero-order valence-corrected chi connectivity index (χ0v) is 27.7. The maximum atomic E-state index is 14.6. The van der Waals surface area contributed by atoms with Crippen molar-refractivity contribution in [2.45, 2.75) is 52.2 Å². The van der Waals surface area contributed by atoms with Crippen LogP contribution < -0.4 is 23.5 Å². The minimum absolute atomic E-state index is 0.0213. The normalized spacial score (nSPS) is 12.2. The lowest BCUT2D eigenvalue weighted by atomic mass is 9.85. The molecule has 0 amide bonds. The number of ether oxygens (including phenoxy) is 4. The van der Waals surface area contributed by atoms with Crippen molar-refractivity contribution >= 4 is 22.4 Å². The molecule has 7 heteroatoms. The molecule has 45 heavy (non-hydrogen) atoms. The Morgan fingerprint density at radius 2 is 1.49 bits per heavy atom. The zero-order chi connectivity index (χ0) is 32.3. The third-order valence-electron chi connectivity index (χ3n) is 8.31. The lowest BCUT2D eigenvalue weighted by molar-refractivity contribution is -0.695. The van der Waals surface area contributed by atoms with E-state index in [1.165, 1.54) is 17.2 Å². The van der Waals surface area contributed by atoms with Gasteiger partial charge in [0.05, 0.1) is 43.2 Å². The lowest BCUT2D eigenvalue weighted by Crippen LogP contribution is -2.40. The van der Waals surface area contributed by atoms with Crippen LogP contribution in [0.2, 0.25) is 5.02 Å². The molecule has 1 heterocycles. The van der Waals surface area contributed by atoms with E-state index in [9.17, 15) is 4.39 Å². The van der Waals surface area contributed by atoms with Crippen LogP contribution in [0, 0.1) is 5.82 Å². The van der Waals surface area contributed by atoms with Gasteiger partial charge in [-0.05, 0) is 65.3 Å². The van der Waals surface area contributed by atoms with Crippen LogP contribution in [0.3, 0.4) is 0 Å². The average Bonchev–Trinajstić information content (AvgIpc) is 3.03. The molecule has 5 rings (SSSR count). The second-order valence-electron chi connectivity index (χ2n) is 12.2. The zero-order valence-electron chi connectivity index (χ0n) is 26.9. The number of hydrogen-bond acceptors (Lipinski definition) is 4. The SMILES string of the molecule is COc1cc2cc[n+](Cc3cccc(OC)c3OCc3c(F)cccc3Cl)c(C(C)c3ccc(C(C)(C)C)cc3)c2cc1OC. The molecule has 234 valence electrons. The van der Waals surface area contributed by atoms with Crippen molar-refractivity contribution in [1.29, 1.82) is 0 Å². The van der Waals surface area contributed by atoms with Crippen LogP contribution in [-0.2, 0) is 18.6 Å². The number of para-hydroxylation sites is 1. The van der Waals surface area contributed by atoms with Crippen molar-refractivity contribution in [2.24, 2.45) is 0 Å². The summed E-state index contributed by atoms with van der Waals surface area (Å²) in [6.07, 6.45) is 2.08. The molecule has 0 N–H and O–H groups in total. The van der Waals surface area contributed by atoms with E-state index in [2.05, 4.69) is 68.8 Å². The third-order valence-corrected chi connectivity index (χ3v) is 8.66. The number of rotatable bonds is 10. The van der Waals surface area contributed by atoms with E-state index < -0.39 is 5.82 Å². The Labute approximate surface area is 270 Å². The molecule has 0 aliphatic carbocycles. The smallest absolute Gasteiger partial charge is 0.196 e. The first-order valence-corrected chi connectivity index (χ1v) is 15.3. The molecule has 1 aromatic heterocycles. The van der Waals surface area contributed by atoms with Crippen molar-refractivity contribution in [1.82, 2.24) is 0 Å². The molecule has 0 spiro atoms. The summed E-state index contributed by atoms with van der Waals surface area (Å²) in [6.45, 7) is 9.31. The van der Waals surface area contributed by atoms with Crippen LogP contribution in [0.1, 0.15) is 61.6 Å². The summed E-state index contributed by atoms with van der Waals surface area (Å²) in [4.78, 5) is 0. The average molecular weight is 629 g/mol. The van der Waals surface area contributed by atoms with Crippen LogP contribution in [0.4, 0.5) is 4.39 Å². The monoisotopic (exact) mass is 628 g/mol. The van der Waals surface area contributed by atoms with Crippen molar-refractivity contribution in [3.63, 3.8) is 0 Å². The predicted molar refractivity (Wildman–Crippen MR) is 178 cm³/mol. The highest BCUT2D eigenvalue weighted by molar-refractivity contribution is 6.31. The molecular weight excluding hydrogens is 589 g/mol. The van der Waals surface area contributed by atoms with Gasteiger partial charge in [-0.1, -0.05) is 68.8 Å². The molecule has 0 saturated carbocycles. The molecule has 0 bridgehead atoms. The first-order valence-electron chi connectivity index (χ1n) is 15.0. The number of pyridine rings is 1. The van der Waals surface area contributed by atoms with E-state index in [1.807, 2.05) is 30.3 Å². The third kappa shape index (κ3) is 6.71. The number of aromatic nitrogens is 1. The summed E-state index contributed by atoms with van der Waals surface area (Å²) in [7, 11) is 4.89. The molecule has 0 radical (unpaired) electrons. The Bertz CT molecular complexity index is 1790. The van der Waals surface area contributed by atoms with Crippen LogP contribution in [0.15, 0.2) is 85.1 Å². The number of fused-ring (bicyclic) bond motifs is 1. The summed E-state index contributed by atoms with van der Waals surface area (Å²) in [5.74, 6) is 2.03. The molecule has 0 fully saturated rings. The van der Waals surface area contributed by atoms with Crippen LogP contribution in [0.25, 0.3) is 10.8 Å². The molecule has 0 saturated heterocycles. The van der Waals surface area contributed by atoms with E-state index >= 15 is 0 Å². The second kappa shape index (κ2) is 13.4. The van der Waals surface area contributed by atoms with Crippen molar-refractivity contribution in [3.8, 4) is 23.0 Å². The highest BCUT2D eigenvalue weighted by atomic mass is 35.5. The van der Waals surface area contributed by atoms with Gasteiger partial charge in [0, 0.05) is 11.6 Å². The van der Waals surface area contributed by atoms with Crippen LogP contribution in [0.5, 0.6) is 23.0 Å². The second-order valence-corrected chi connectivity index (χ2v) is 12.6. The number of methoxy groups -OCH3 is 3. The topological polar surface area (TPSA) is 40.8 Å². The molecule has 4 aromatic carbocycles. The Hall–Kier alpha value is -4.29. The van der Waals surface area contributed by atoms with E-state index in [-0.39, 0.29) is 17.9 Å². The molecule has 1 atom stereocenters. The summed E-state index contributed by atoms with van der Waals surface area (Å²) >= 11 is 6.31. The van der Waals surface area contributed by atoms with Gasteiger partial charge in [0.1, 0.15) is 12.4 Å². The first kappa shape index (κ1) is 32.1. The van der Waals surface area contributed by atoms with Crippen molar-refractivity contribution in [3.05, 3.63) is 124 Å². The van der Waals surface area contributed by atoms with Gasteiger partial charge in [0.2, 0.25) is 0 Å². The van der Waals surface area contributed by atoms with Crippen LogP contribution in [-0.4, -0.2) is 21.3 Å². The maximum absolute atomic E-state index is 14.6. The van der Waals surface area contributed by atoms with Gasteiger partial charge in [-0.25, -0.2) is 4.39 Å². The quantitative estimate of drug-likeness (QED) is 0.145. The van der Waals surface area contributed by atoms with Crippen molar-refractivity contribution < 1.29 is 27.9 Å². The van der Waals surface area contributed by atoms with Gasteiger partial charge < -0.3 is 18.9 Å². The molecule has 1 unspecified atom stereocenters. The number of benzene rings is 4. The fraction of sp³-hybridized carbons (Fsp3) is 0.289. The molecule has 0 aliphatic rings. The number of hydrogen-bond donors (Lipinski definition) is 0. The lowest BCUT2D eigenvalue weighted by Gasteiger charge is -2.21. The van der Waals surface area contributed by atoms with Gasteiger partial charge in [-0.2, -0.15) is 4.57 Å². The number of halogens is 2. The highest BCUT2D eigenvalue weighted by Gasteiger charge is 2.27. The minimum atomic E-state index is -0.416. The summed E-state index contributed by atoms with van der Waals surface area (Å²) in [6, 6.07) is 25.4. The molecular formula is C38H40ClFNO4+. The minimum Gasteiger partial charge on any atom is -0.493 e. The van der Waals surface area contributed by atoms with E-state index in [0.29, 0.717) is 40.1 Å². The Balaban J connectivity index is 1.63. The van der Waals surface area contributed by atoms with E-state index in [0.717, 1.165) is 22.0 Å². The summed E-state index contributed by atoms with van der Waals surface area (Å²) in [5, 5.41) is 2.40. The fourth-order valence-corrected chi connectivity index (χ4v) is 5.94. The Kier molecular flexibility index (Phi) is 9.54. The van der Waals surface area contributed by atoms with Gasteiger partial charge in [0.25, 0.3) is 0 Å². The van der Waals surface area contributed by atoms with E-state index in [4.69, 9.17) is 30.5 Å². The van der Waals surface area contributed by atoms with E-state index in [1.54, 1.807) is 33.5 Å². The predicted octanol–water partition coefficient (Wildman–Crippen LogP) is 9.02. The largest absolute Gasteiger partial charge is 0.493 e. The van der Waals surface area contributed by atoms with Gasteiger partial charge >= 0.3 is 0 Å². The Morgan fingerprint density at radius 3 is 2.13 bits per heavy atom. The summed E-state index contributed by atoms with van der Waals surface area (Å²) in [5.41, 5.74) is 4.80. The number of nitrogens with zero attached hydrogens (tertiary/aromatic N) is 1. The standard InChI is InChI=1S/C38H40ClFNO4/c1-24(25-14-16-28(17-15-25)38(2,3)4)36-29-21-35(44-7)34(43-6)20-26(29)18-19-41(36)22-27-10-8-13-33(42-5)37(27)45-23-30-31(39)11-9-12-32(30)40/h8-21,24H,22-23H2,1-7H3/q+1. The summed E-state index contributed by atoms with van der Waals surface area (Å²) < 4.78 is 40.2. The fourth-order valence-electron chi connectivity index (χ4n) is 5.72. The first-order chi connectivity index (χ1) is 21.5. The van der Waals surface area contributed by atoms with Gasteiger partial charge in [-0.15, -0.1) is 0 Å². The van der Waals surface area contributed by atoms with Crippen LogP contribution >= 0.6 is 11.6 Å². The van der Waals surface area contributed by atoms with Gasteiger partial charge in [-0.3, -0.25) is 0 Å². The van der Waals surface area contributed by atoms with Crippen molar-refractivity contribution in [2.75, 3.05) is 21.3 Å². The molecule has 5 aromatic rings. The maximum Gasteiger partial charge on any atom is 0.196 e. The molecule has 0 aliphatic heterocycles. The Morgan fingerprint density at radius 1 is 0.822 bits per heavy atom. The highest BCUT2D eigenvalue weighted by Crippen LogP contribution is 2.38. The molecule has 5 nitrogen and oxygen atoms in total.